The number of rotatable bonds is 5. The van der Waals surface area contributed by atoms with Crippen molar-refractivity contribution >= 4 is 0 Å². The highest BCUT2D eigenvalue weighted by Crippen LogP contribution is 2.33. The minimum absolute atomic E-state index is 0.189. The molecule has 29 heavy (non-hydrogen) atoms. The maximum absolute atomic E-state index is 13.4. The van der Waals surface area contributed by atoms with Crippen molar-refractivity contribution in [2.75, 3.05) is 19.6 Å². The monoisotopic (exact) mass is 389 g/mol. The Bertz CT molecular complexity index is 952. The number of hydrogen-bond acceptors (Lipinski definition) is 3. The van der Waals surface area contributed by atoms with Crippen molar-refractivity contribution in [2.45, 2.75) is 32.4 Å². The van der Waals surface area contributed by atoms with Gasteiger partial charge >= 0.3 is 0 Å². The summed E-state index contributed by atoms with van der Waals surface area (Å²) >= 11 is 0. The van der Waals surface area contributed by atoms with E-state index in [1.54, 1.807) is 12.1 Å². The Morgan fingerprint density at radius 3 is 2.66 bits per heavy atom. The van der Waals surface area contributed by atoms with Crippen molar-refractivity contribution in [3.63, 3.8) is 0 Å². The highest BCUT2D eigenvalue weighted by atomic mass is 19.1. The van der Waals surface area contributed by atoms with Gasteiger partial charge in [0.05, 0.1) is 0 Å². The molecule has 0 aliphatic carbocycles. The van der Waals surface area contributed by atoms with Crippen LogP contribution in [-0.2, 0) is 6.54 Å². The van der Waals surface area contributed by atoms with Gasteiger partial charge in [0.2, 0.25) is 0 Å². The number of piperazine rings is 1. The van der Waals surface area contributed by atoms with E-state index in [2.05, 4.69) is 59.4 Å². The van der Waals surface area contributed by atoms with Crippen LogP contribution in [0.3, 0.4) is 0 Å². The summed E-state index contributed by atoms with van der Waals surface area (Å²) in [5.41, 5.74) is 6.24. The van der Waals surface area contributed by atoms with Gasteiger partial charge < -0.3 is 5.32 Å². The Balaban J connectivity index is 1.67. The van der Waals surface area contributed by atoms with Crippen LogP contribution in [0, 0.1) is 5.82 Å². The van der Waals surface area contributed by atoms with Crippen LogP contribution in [0.5, 0.6) is 0 Å². The molecule has 3 aromatic rings. The van der Waals surface area contributed by atoms with Crippen LogP contribution in [0.25, 0.3) is 11.1 Å². The molecule has 4 heteroatoms. The number of hydrogen-bond donors (Lipinski definition) is 1. The van der Waals surface area contributed by atoms with Crippen molar-refractivity contribution in [1.82, 2.24) is 15.2 Å². The maximum Gasteiger partial charge on any atom is 0.123 e. The quantitative estimate of drug-likeness (QED) is 0.653. The summed E-state index contributed by atoms with van der Waals surface area (Å²) in [7, 11) is 0. The summed E-state index contributed by atoms with van der Waals surface area (Å²) in [5.74, 6) is 0.260. The van der Waals surface area contributed by atoms with Crippen LogP contribution in [0.4, 0.5) is 4.39 Å². The molecule has 1 aliphatic rings. The lowest BCUT2D eigenvalue weighted by molar-refractivity contribution is 0.154. The first-order valence-corrected chi connectivity index (χ1v) is 10.4. The molecule has 1 N–H and O–H groups in total. The number of nitrogens with zero attached hydrogens (tertiary/aromatic N) is 2. The predicted molar refractivity (Wildman–Crippen MR) is 116 cm³/mol. The molecule has 1 fully saturated rings. The lowest BCUT2D eigenvalue weighted by Gasteiger charge is -2.37. The van der Waals surface area contributed by atoms with Crippen LogP contribution < -0.4 is 5.32 Å². The van der Waals surface area contributed by atoms with Gasteiger partial charge in [-0.2, -0.15) is 0 Å². The van der Waals surface area contributed by atoms with Gasteiger partial charge in [-0.1, -0.05) is 50.2 Å². The molecular weight excluding hydrogens is 361 g/mol. The van der Waals surface area contributed by atoms with Gasteiger partial charge in [-0.15, -0.1) is 0 Å². The molecule has 1 aliphatic heterocycles. The average Bonchev–Trinajstić information content (AvgIpc) is 2.75. The lowest BCUT2D eigenvalue weighted by Crippen LogP contribution is -2.45. The van der Waals surface area contributed by atoms with E-state index >= 15 is 0 Å². The zero-order valence-electron chi connectivity index (χ0n) is 17.1. The number of aromatic nitrogens is 1. The second-order valence-corrected chi connectivity index (χ2v) is 8.02. The number of benzene rings is 2. The highest BCUT2D eigenvalue weighted by Gasteiger charge is 2.25. The fourth-order valence-corrected chi connectivity index (χ4v) is 4.22. The molecule has 0 radical (unpaired) electrons. The fraction of sp³-hybridized carbons (Fsp3) is 0.320. The van der Waals surface area contributed by atoms with Crippen LogP contribution in [0.2, 0.25) is 0 Å². The Kier molecular flexibility index (Phi) is 6.02. The van der Waals surface area contributed by atoms with Crippen molar-refractivity contribution in [2.24, 2.45) is 0 Å². The number of nitrogens with one attached hydrogen (secondary N) is 1. The average molecular weight is 390 g/mol. The smallest absolute Gasteiger partial charge is 0.123 e. The molecule has 1 aromatic heterocycles. The van der Waals surface area contributed by atoms with Gasteiger partial charge in [-0.3, -0.25) is 9.88 Å². The van der Waals surface area contributed by atoms with Crippen molar-refractivity contribution in [3.05, 3.63) is 89.5 Å². The Morgan fingerprint density at radius 1 is 1.07 bits per heavy atom. The van der Waals surface area contributed by atoms with Gasteiger partial charge in [0, 0.05) is 50.2 Å². The summed E-state index contributed by atoms with van der Waals surface area (Å²) < 4.78 is 13.4. The van der Waals surface area contributed by atoms with E-state index in [9.17, 15) is 4.39 Å². The summed E-state index contributed by atoms with van der Waals surface area (Å²) in [6.45, 7) is 8.09. The van der Waals surface area contributed by atoms with E-state index in [0.29, 0.717) is 5.92 Å². The second kappa shape index (κ2) is 8.85. The zero-order valence-corrected chi connectivity index (χ0v) is 17.1. The molecule has 1 atom stereocenters. The highest BCUT2D eigenvalue weighted by molar-refractivity contribution is 5.70. The van der Waals surface area contributed by atoms with Gasteiger partial charge in [-0.25, -0.2) is 4.39 Å². The van der Waals surface area contributed by atoms with Gasteiger partial charge in [0.25, 0.3) is 0 Å². The molecule has 2 aromatic carbocycles. The topological polar surface area (TPSA) is 28.2 Å². The van der Waals surface area contributed by atoms with Crippen molar-refractivity contribution in [3.8, 4) is 11.1 Å². The summed E-state index contributed by atoms with van der Waals surface area (Å²) in [6.07, 6.45) is 3.87. The minimum atomic E-state index is -0.189. The first-order valence-electron chi connectivity index (χ1n) is 10.4. The molecule has 150 valence electrons. The SMILES string of the molecule is CC(C)c1ccccc1-c1cnccc1CN1CCNCC1c1ccc(F)cc1. The second-order valence-electron chi connectivity index (χ2n) is 8.02. The van der Waals surface area contributed by atoms with Crippen LogP contribution >= 0.6 is 0 Å². The van der Waals surface area contributed by atoms with Crippen LogP contribution in [-0.4, -0.2) is 29.5 Å². The van der Waals surface area contributed by atoms with E-state index in [1.165, 1.54) is 22.3 Å². The molecule has 0 spiro atoms. The molecule has 4 rings (SSSR count). The predicted octanol–water partition coefficient (Wildman–Crippen LogP) is 5.16. The van der Waals surface area contributed by atoms with Crippen LogP contribution in [0.15, 0.2) is 67.0 Å². The van der Waals surface area contributed by atoms with Crippen molar-refractivity contribution < 1.29 is 4.39 Å². The molecular formula is C25H28FN3. The molecule has 0 saturated carbocycles. The van der Waals surface area contributed by atoms with Gasteiger partial charge in [-0.05, 0) is 46.4 Å². The molecule has 2 heterocycles. The molecule has 1 saturated heterocycles. The first-order chi connectivity index (χ1) is 14.1. The van der Waals surface area contributed by atoms with E-state index < -0.39 is 0 Å². The molecule has 1 unspecified atom stereocenters. The van der Waals surface area contributed by atoms with E-state index in [1.807, 2.05) is 24.5 Å². The number of halogens is 1. The third-order valence-corrected chi connectivity index (χ3v) is 5.77. The van der Waals surface area contributed by atoms with Gasteiger partial charge in [0.15, 0.2) is 0 Å². The molecule has 0 amide bonds. The van der Waals surface area contributed by atoms with Crippen LogP contribution in [0.1, 0.15) is 42.5 Å². The fourth-order valence-electron chi connectivity index (χ4n) is 4.22. The zero-order chi connectivity index (χ0) is 20.2. The number of pyridine rings is 1. The summed E-state index contributed by atoms with van der Waals surface area (Å²) in [4.78, 5) is 6.92. The standard InChI is InChI=1S/C25H28FN3/c1-18(2)22-5-3-4-6-23(22)24-15-27-12-11-20(24)17-29-14-13-28-16-25(29)19-7-9-21(26)10-8-19/h3-12,15,18,25,28H,13-14,16-17H2,1-2H3. The molecule has 0 bridgehead atoms. The molecule has 3 nitrogen and oxygen atoms in total. The maximum atomic E-state index is 13.4. The third-order valence-electron chi connectivity index (χ3n) is 5.77. The Hall–Kier alpha value is -2.56. The van der Waals surface area contributed by atoms with Gasteiger partial charge in [0.1, 0.15) is 5.82 Å². The largest absolute Gasteiger partial charge is 0.314 e. The Morgan fingerprint density at radius 2 is 1.86 bits per heavy atom. The minimum Gasteiger partial charge on any atom is -0.314 e. The van der Waals surface area contributed by atoms with E-state index in [-0.39, 0.29) is 11.9 Å². The lowest BCUT2D eigenvalue weighted by atomic mass is 9.91. The van der Waals surface area contributed by atoms with E-state index in [0.717, 1.165) is 31.7 Å². The Labute approximate surface area is 172 Å². The summed E-state index contributed by atoms with van der Waals surface area (Å²) in [6, 6.07) is 17.9. The first kappa shape index (κ1) is 19.7. The van der Waals surface area contributed by atoms with Crippen molar-refractivity contribution in [1.29, 1.82) is 0 Å². The third kappa shape index (κ3) is 4.39. The summed E-state index contributed by atoms with van der Waals surface area (Å²) in [5, 5.41) is 3.49. The van der Waals surface area contributed by atoms with E-state index in [4.69, 9.17) is 0 Å². The normalized spacial score (nSPS) is 17.6.